The topological polar surface area (TPSA) is 67.3 Å². The molecule has 2 aromatic rings. The number of hydrogen-bond donors (Lipinski definition) is 1. The van der Waals surface area contributed by atoms with E-state index in [0.717, 1.165) is 12.4 Å². The van der Waals surface area contributed by atoms with Crippen LogP contribution in [0.1, 0.15) is 46.2 Å². The molecule has 32 heavy (non-hydrogen) atoms. The molecule has 0 bridgehead atoms. The van der Waals surface area contributed by atoms with Crippen LogP contribution in [0.3, 0.4) is 0 Å². The lowest BCUT2D eigenvalue weighted by molar-refractivity contribution is -0.145. The van der Waals surface area contributed by atoms with Gasteiger partial charge in [-0.3, -0.25) is 9.69 Å². The molecule has 0 radical (unpaired) electrons. The van der Waals surface area contributed by atoms with Gasteiger partial charge in [-0.1, -0.05) is 6.07 Å². The van der Waals surface area contributed by atoms with Crippen molar-refractivity contribution >= 4 is 5.91 Å². The Morgan fingerprint density at radius 2 is 1.84 bits per heavy atom. The average Bonchev–Trinajstić information content (AvgIpc) is 2.74. The SMILES string of the molecule is COc1cccc(C(=O)NCC(c2cnc(C(F)(F)F)nc2)N2CCC(F)(F)CC2)c1C. The second-order valence-corrected chi connectivity index (χ2v) is 7.59. The molecule has 1 aliphatic heterocycles. The van der Waals surface area contributed by atoms with E-state index in [1.807, 2.05) is 0 Å². The monoisotopic (exact) mass is 458 g/mol. The minimum absolute atomic E-state index is 0.0181. The fourth-order valence-electron chi connectivity index (χ4n) is 3.64. The number of amides is 1. The van der Waals surface area contributed by atoms with Crippen molar-refractivity contribution in [3.05, 3.63) is 53.1 Å². The molecule has 174 valence electrons. The summed E-state index contributed by atoms with van der Waals surface area (Å²) in [6.45, 7) is 1.75. The first-order chi connectivity index (χ1) is 15.0. The molecule has 1 aliphatic rings. The van der Waals surface area contributed by atoms with Crippen LogP contribution >= 0.6 is 0 Å². The van der Waals surface area contributed by atoms with Crippen LogP contribution in [0.4, 0.5) is 22.0 Å². The van der Waals surface area contributed by atoms with Gasteiger partial charge in [0.25, 0.3) is 11.8 Å². The molecule has 1 N–H and O–H groups in total. The first kappa shape index (κ1) is 23.8. The van der Waals surface area contributed by atoms with Crippen molar-refractivity contribution in [1.82, 2.24) is 20.2 Å². The highest BCUT2D eigenvalue weighted by Gasteiger charge is 2.38. The van der Waals surface area contributed by atoms with E-state index in [1.165, 1.54) is 7.11 Å². The summed E-state index contributed by atoms with van der Waals surface area (Å²) < 4.78 is 70.9. The van der Waals surface area contributed by atoms with Gasteiger partial charge in [-0.15, -0.1) is 0 Å². The minimum Gasteiger partial charge on any atom is -0.496 e. The van der Waals surface area contributed by atoms with Crippen molar-refractivity contribution in [1.29, 1.82) is 0 Å². The zero-order valence-electron chi connectivity index (χ0n) is 17.5. The summed E-state index contributed by atoms with van der Waals surface area (Å²) in [4.78, 5) is 21.2. The van der Waals surface area contributed by atoms with Crippen LogP contribution in [-0.2, 0) is 6.18 Å². The van der Waals surface area contributed by atoms with Gasteiger partial charge >= 0.3 is 6.18 Å². The Bertz CT molecular complexity index is 940. The molecule has 6 nitrogen and oxygen atoms in total. The third kappa shape index (κ3) is 5.50. The summed E-state index contributed by atoms with van der Waals surface area (Å²) in [6.07, 6.45) is -3.41. The normalized spacial score (nSPS) is 17.6. The number of carbonyl (C=O) groups excluding carboxylic acids is 1. The third-order valence-corrected chi connectivity index (χ3v) is 5.49. The van der Waals surface area contributed by atoms with Crippen LogP contribution in [0.15, 0.2) is 30.6 Å². The Kier molecular flexibility index (Phi) is 6.97. The molecule has 1 unspecified atom stereocenters. The van der Waals surface area contributed by atoms with Crippen LogP contribution in [-0.4, -0.2) is 53.4 Å². The number of hydrogen-bond acceptors (Lipinski definition) is 5. The highest BCUT2D eigenvalue weighted by molar-refractivity contribution is 5.96. The number of carbonyl (C=O) groups is 1. The second-order valence-electron chi connectivity index (χ2n) is 7.59. The summed E-state index contributed by atoms with van der Waals surface area (Å²) in [7, 11) is 1.48. The Hall–Kier alpha value is -2.82. The number of nitrogens with one attached hydrogen (secondary N) is 1. The standard InChI is InChI=1S/C21H23F5N4O2/c1-13-15(4-3-5-17(13)32-2)18(31)27-12-16(30-8-6-20(22,23)7-9-30)14-10-28-19(29-11-14)21(24,25)26/h3-5,10-11,16H,6-9,12H2,1-2H3,(H,27,31). The largest absolute Gasteiger partial charge is 0.496 e. The van der Waals surface area contributed by atoms with Gasteiger partial charge in [-0.05, 0) is 19.1 Å². The van der Waals surface area contributed by atoms with Crippen molar-refractivity contribution in [2.45, 2.75) is 37.9 Å². The van der Waals surface area contributed by atoms with E-state index in [-0.39, 0.29) is 32.5 Å². The van der Waals surface area contributed by atoms with E-state index in [2.05, 4.69) is 15.3 Å². The number of halogens is 5. The fraction of sp³-hybridized carbons (Fsp3) is 0.476. The van der Waals surface area contributed by atoms with Gasteiger partial charge in [0.2, 0.25) is 5.82 Å². The molecule has 1 amide bonds. The molecule has 2 heterocycles. The predicted octanol–water partition coefficient (Wildman–Crippen LogP) is 4.01. The number of likely N-dealkylation sites (tertiary alicyclic amines) is 1. The first-order valence-electron chi connectivity index (χ1n) is 9.94. The molecular weight excluding hydrogens is 435 g/mol. The van der Waals surface area contributed by atoms with Crippen molar-refractivity contribution in [2.75, 3.05) is 26.7 Å². The molecule has 1 saturated heterocycles. The molecule has 1 aromatic carbocycles. The molecule has 11 heteroatoms. The van der Waals surface area contributed by atoms with Gasteiger partial charge in [0, 0.05) is 61.6 Å². The van der Waals surface area contributed by atoms with E-state index in [1.54, 1.807) is 30.0 Å². The van der Waals surface area contributed by atoms with Crippen molar-refractivity contribution in [2.24, 2.45) is 0 Å². The smallest absolute Gasteiger partial charge is 0.451 e. The van der Waals surface area contributed by atoms with Crippen molar-refractivity contribution in [3.8, 4) is 5.75 Å². The summed E-state index contributed by atoms with van der Waals surface area (Å²) in [5.41, 5.74) is 1.29. The van der Waals surface area contributed by atoms with Gasteiger partial charge < -0.3 is 10.1 Å². The number of benzene rings is 1. The second kappa shape index (κ2) is 9.35. The predicted molar refractivity (Wildman–Crippen MR) is 106 cm³/mol. The van der Waals surface area contributed by atoms with Crippen LogP contribution in [0, 0.1) is 6.92 Å². The highest BCUT2D eigenvalue weighted by Crippen LogP contribution is 2.33. The number of nitrogens with zero attached hydrogens (tertiary/aromatic N) is 3. The van der Waals surface area contributed by atoms with E-state index in [0.29, 0.717) is 22.4 Å². The maximum atomic E-state index is 13.6. The van der Waals surface area contributed by atoms with Crippen LogP contribution in [0.2, 0.25) is 0 Å². The zero-order valence-corrected chi connectivity index (χ0v) is 17.5. The minimum atomic E-state index is -4.70. The molecule has 3 rings (SSSR count). The van der Waals surface area contributed by atoms with E-state index >= 15 is 0 Å². The molecule has 0 spiro atoms. The molecule has 1 atom stereocenters. The first-order valence-corrected chi connectivity index (χ1v) is 9.94. The van der Waals surface area contributed by atoms with E-state index < -0.39 is 29.9 Å². The van der Waals surface area contributed by atoms with Gasteiger partial charge in [0.15, 0.2) is 0 Å². The van der Waals surface area contributed by atoms with Gasteiger partial charge in [-0.2, -0.15) is 13.2 Å². The van der Waals surface area contributed by atoms with Crippen molar-refractivity contribution in [3.63, 3.8) is 0 Å². The van der Waals surface area contributed by atoms with Crippen molar-refractivity contribution < 1.29 is 31.5 Å². The molecule has 0 saturated carbocycles. The maximum Gasteiger partial charge on any atom is 0.451 e. The number of piperidine rings is 1. The summed E-state index contributed by atoms with van der Waals surface area (Å²) >= 11 is 0. The molecule has 1 aromatic heterocycles. The van der Waals surface area contributed by atoms with Gasteiger partial charge in [0.1, 0.15) is 5.75 Å². The van der Waals surface area contributed by atoms with E-state index in [9.17, 15) is 26.7 Å². The third-order valence-electron chi connectivity index (χ3n) is 5.49. The lowest BCUT2D eigenvalue weighted by atomic mass is 10.0. The molecular formula is C21H23F5N4O2. The van der Waals surface area contributed by atoms with Crippen LogP contribution in [0.25, 0.3) is 0 Å². The molecule has 0 aliphatic carbocycles. The summed E-state index contributed by atoms with van der Waals surface area (Å²) in [5, 5.41) is 2.75. The maximum absolute atomic E-state index is 13.6. The quantitative estimate of drug-likeness (QED) is 0.663. The lowest BCUT2D eigenvalue weighted by Crippen LogP contribution is -2.45. The number of alkyl halides is 5. The summed E-state index contributed by atoms with van der Waals surface area (Å²) in [5.74, 6) is -3.97. The highest BCUT2D eigenvalue weighted by atomic mass is 19.4. The fourth-order valence-corrected chi connectivity index (χ4v) is 3.64. The van der Waals surface area contributed by atoms with Gasteiger partial charge in [-0.25, -0.2) is 18.7 Å². The number of ether oxygens (including phenoxy) is 1. The van der Waals surface area contributed by atoms with Gasteiger partial charge in [0.05, 0.1) is 13.2 Å². The molecule has 1 fully saturated rings. The number of aromatic nitrogens is 2. The Morgan fingerprint density at radius 3 is 2.41 bits per heavy atom. The Balaban J connectivity index is 1.81. The van der Waals surface area contributed by atoms with Crippen LogP contribution < -0.4 is 10.1 Å². The van der Waals surface area contributed by atoms with Crippen LogP contribution in [0.5, 0.6) is 5.75 Å². The average molecular weight is 458 g/mol. The Labute approximate surface area is 181 Å². The number of rotatable bonds is 6. The lowest BCUT2D eigenvalue weighted by Gasteiger charge is -2.37. The van der Waals surface area contributed by atoms with E-state index in [4.69, 9.17) is 4.74 Å². The Morgan fingerprint density at radius 1 is 1.22 bits per heavy atom. The zero-order chi connectivity index (χ0) is 23.5. The summed E-state index contributed by atoms with van der Waals surface area (Å²) in [6, 6.07) is 4.32. The number of methoxy groups -OCH3 is 1.